The summed E-state index contributed by atoms with van der Waals surface area (Å²) in [6.07, 6.45) is 4.53. The van der Waals surface area contributed by atoms with E-state index in [2.05, 4.69) is 32.1 Å². The largest absolute Gasteiger partial charge is 0.477 e. The Morgan fingerprint density at radius 1 is 1.30 bits per heavy atom. The molecule has 210 valence electrons. The number of amides is 3. The molecule has 0 saturated carbocycles. The number of carboxylic acid groups (broad SMARTS) is 1. The molecule has 2 aromatic rings. The molecule has 1 saturated heterocycles. The lowest BCUT2D eigenvalue weighted by Crippen LogP contribution is -2.71. The smallest absolute Gasteiger partial charge is 0.408 e. The lowest BCUT2D eigenvalue weighted by atomic mass is 10.0. The number of rotatable bonds is 9. The van der Waals surface area contributed by atoms with Crippen molar-refractivity contribution in [2.75, 3.05) is 11.5 Å². The fourth-order valence-corrected chi connectivity index (χ4v) is 6.40. The Balaban J connectivity index is 1.48. The van der Waals surface area contributed by atoms with E-state index in [9.17, 15) is 24.3 Å². The van der Waals surface area contributed by atoms with Crippen LogP contribution in [0.2, 0.25) is 0 Å². The maximum absolute atomic E-state index is 13.3. The molecular formula is C25H27N7O6S2. The van der Waals surface area contributed by atoms with Gasteiger partial charge in [-0.1, -0.05) is 48.0 Å². The molecule has 0 bridgehead atoms. The summed E-state index contributed by atoms with van der Waals surface area (Å²) in [5.74, 6) is 0.533. The van der Waals surface area contributed by atoms with Crippen LogP contribution in [0.3, 0.4) is 0 Å². The summed E-state index contributed by atoms with van der Waals surface area (Å²) in [5.41, 5.74) is 0.0899. The molecule has 1 fully saturated rings. The highest BCUT2D eigenvalue weighted by Gasteiger charge is 2.54. The predicted octanol–water partition coefficient (Wildman–Crippen LogP) is 1.40. The maximum Gasteiger partial charge on any atom is 0.408 e. The van der Waals surface area contributed by atoms with Gasteiger partial charge in [-0.15, -0.1) is 23.3 Å². The number of ether oxygens (including phenoxy) is 1. The fourth-order valence-electron chi connectivity index (χ4n) is 4.04. The Bertz CT molecular complexity index is 1380. The highest BCUT2D eigenvalue weighted by molar-refractivity contribution is 8.01. The number of tetrazole rings is 1. The Labute approximate surface area is 238 Å². The Kier molecular flexibility index (Phi) is 8.70. The number of carbonyl (C=O) groups is 4. The summed E-state index contributed by atoms with van der Waals surface area (Å²) >= 11 is 2.54. The Morgan fingerprint density at radius 3 is 2.67 bits per heavy atom. The minimum Gasteiger partial charge on any atom is -0.477 e. The van der Waals surface area contributed by atoms with E-state index >= 15 is 0 Å². The molecule has 2 unspecified atom stereocenters. The molecule has 4 rings (SSSR count). The van der Waals surface area contributed by atoms with E-state index in [1.165, 1.54) is 33.1 Å². The van der Waals surface area contributed by atoms with Crippen molar-refractivity contribution in [1.29, 1.82) is 0 Å². The number of aliphatic carboxylic acids is 1. The first-order chi connectivity index (χ1) is 19.0. The van der Waals surface area contributed by atoms with E-state index in [1.54, 1.807) is 51.1 Å². The van der Waals surface area contributed by atoms with E-state index in [0.29, 0.717) is 22.0 Å². The van der Waals surface area contributed by atoms with Crippen molar-refractivity contribution in [3.05, 3.63) is 47.2 Å². The third-order valence-electron chi connectivity index (χ3n) is 5.72. The molecule has 3 heterocycles. The van der Waals surface area contributed by atoms with Gasteiger partial charge >= 0.3 is 12.1 Å². The van der Waals surface area contributed by atoms with Crippen molar-refractivity contribution in [2.24, 2.45) is 0 Å². The number of alkyl carbamates (subject to hydrolysis) is 1. The van der Waals surface area contributed by atoms with Gasteiger partial charge in [0.05, 0.1) is 0 Å². The number of hydrogen-bond donors (Lipinski definition) is 3. The number of benzene rings is 1. The van der Waals surface area contributed by atoms with E-state index in [0.717, 1.165) is 0 Å². The number of fused-ring (bicyclic) bond motifs is 1. The summed E-state index contributed by atoms with van der Waals surface area (Å²) < 4.78 is 6.72. The average Bonchev–Trinajstić information content (AvgIpc) is 3.35. The quantitative estimate of drug-likeness (QED) is 0.221. The average molecular weight is 586 g/mol. The summed E-state index contributed by atoms with van der Waals surface area (Å²) in [6.45, 7) is 5.26. The fraction of sp³-hybridized carbons (Fsp3) is 0.400. The van der Waals surface area contributed by atoms with Crippen molar-refractivity contribution in [3.63, 3.8) is 0 Å². The molecule has 3 amide bonds. The van der Waals surface area contributed by atoms with Gasteiger partial charge in [-0.2, -0.15) is 0 Å². The van der Waals surface area contributed by atoms with Crippen molar-refractivity contribution < 1.29 is 29.0 Å². The second kappa shape index (κ2) is 12.0. The van der Waals surface area contributed by atoms with Gasteiger partial charge in [0.1, 0.15) is 35.3 Å². The van der Waals surface area contributed by atoms with Crippen molar-refractivity contribution in [2.45, 2.75) is 55.5 Å². The molecule has 0 spiro atoms. The van der Waals surface area contributed by atoms with Gasteiger partial charge in [0, 0.05) is 11.5 Å². The number of hydrogen-bond acceptors (Lipinski definition) is 10. The number of β-lactam (4-membered cyclic amide) rings is 1. The van der Waals surface area contributed by atoms with Crippen LogP contribution in [0.5, 0.6) is 0 Å². The number of terminal acetylenes is 1. The topological polar surface area (TPSA) is 169 Å². The molecule has 1 aromatic carbocycles. The van der Waals surface area contributed by atoms with Crippen LogP contribution in [0.15, 0.2) is 46.8 Å². The molecule has 0 aliphatic carbocycles. The molecule has 2 aliphatic rings. The monoisotopic (exact) mass is 585 g/mol. The zero-order valence-electron chi connectivity index (χ0n) is 21.9. The summed E-state index contributed by atoms with van der Waals surface area (Å²) in [6, 6.07) is 6.42. The first-order valence-electron chi connectivity index (χ1n) is 12.1. The summed E-state index contributed by atoms with van der Waals surface area (Å²) in [4.78, 5) is 52.4. The van der Waals surface area contributed by atoms with Gasteiger partial charge in [0.2, 0.25) is 11.1 Å². The van der Waals surface area contributed by atoms with E-state index in [4.69, 9.17) is 11.2 Å². The zero-order valence-corrected chi connectivity index (χ0v) is 23.5. The van der Waals surface area contributed by atoms with Crippen molar-refractivity contribution in [3.8, 4) is 12.3 Å². The number of carbonyl (C=O) groups excluding carboxylic acids is 3. The van der Waals surface area contributed by atoms with Crippen LogP contribution in [-0.2, 0) is 25.7 Å². The molecule has 40 heavy (non-hydrogen) atoms. The molecule has 1 aromatic heterocycles. The van der Waals surface area contributed by atoms with E-state index < -0.39 is 46.9 Å². The van der Waals surface area contributed by atoms with E-state index in [1.807, 2.05) is 0 Å². The number of nitrogens with zero attached hydrogens (tertiary/aromatic N) is 5. The van der Waals surface area contributed by atoms with Crippen LogP contribution in [0.25, 0.3) is 0 Å². The molecule has 3 atom stereocenters. The Morgan fingerprint density at radius 2 is 2.02 bits per heavy atom. The van der Waals surface area contributed by atoms with Crippen LogP contribution >= 0.6 is 23.5 Å². The normalized spacial score (nSPS) is 19.1. The third-order valence-corrected chi connectivity index (χ3v) is 8.10. The predicted molar refractivity (Wildman–Crippen MR) is 146 cm³/mol. The van der Waals surface area contributed by atoms with Gasteiger partial charge in [-0.3, -0.25) is 14.5 Å². The maximum atomic E-state index is 13.3. The molecule has 13 nitrogen and oxygen atoms in total. The van der Waals surface area contributed by atoms with Gasteiger partial charge in [-0.05, 0) is 42.3 Å². The van der Waals surface area contributed by atoms with Crippen molar-refractivity contribution >= 4 is 47.4 Å². The second-order valence-corrected chi connectivity index (χ2v) is 11.8. The van der Waals surface area contributed by atoms with Crippen LogP contribution in [-0.4, -0.2) is 82.6 Å². The van der Waals surface area contributed by atoms with Crippen LogP contribution in [0.4, 0.5) is 4.79 Å². The molecule has 0 radical (unpaired) electrons. The lowest BCUT2D eigenvalue weighted by molar-refractivity contribution is -0.151. The molecular weight excluding hydrogens is 558 g/mol. The molecule has 3 N–H and O–H groups in total. The summed E-state index contributed by atoms with van der Waals surface area (Å²) in [7, 11) is 0. The zero-order chi connectivity index (χ0) is 29.0. The highest BCUT2D eigenvalue weighted by Crippen LogP contribution is 2.41. The second-order valence-electron chi connectivity index (χ2n) is 9.76. The summed E-state index contributed by atoms with van der Waals surface area (Å²) in [5, 5.41) is 26.3. The van der Waals surface area contributed by atoms with Gasteiger partial charge in [0.25, 0.3) is 5.91 Å². The van der Waals surface area contributed by atoms with E-state index in [-0.39, 0.29) is 18.0 Å². The molecule has 15 heteroatoms. The van der Waals surface area contributed by atoms with Gasteiger partial charge < -0.3 is 20.5 Å². The van der Waals surface area contributed by atoms with Crippen LogP contribution < -0.4 is 10.6 Å². The number of nitrogens with one attached hydrogen (secondary N) is 2. The van der Waals surface area contributed by atoms with Crippen molar-refractivity contribution in [1.82, 2.24) is 35.7 Å². The standard InChI is InChI=1S/C25H27N7O6S2/c1-5-11-31-23(28-29-30-31)40-13-15-12-39-21-17(20(34)32(21)18(15)22(35)36)26-19(33)16(14-9-7-6-8-10-14)27-24(37)38-25(2,3)4/h1,6-10,16-17,21H,11-13H2,2-4H3,(H,26,33)(H,27,37)(H,35,36)/t16?,17?,21-/m0/s1. The van der Waals surface area contributed by atoms with Gasteiger partial charge in [0.15, 0.2) is 0 Å². The molecule has 2 aliphatic heterocycles. The third kappa shape index (κ3) is 6.40. The SMILES string of the molecule is C#CCn1nnnc1SCC1=C(C(=O)O)N2C(=O)C(NC(=O)C(NC(=O)OC(C)(C)C)c3ccccc3)[C@@H]2SC1. The first-order valence-corrected chi connectivity index (χ1v) is 14.1. The highest BCUT2D eigenvalue weighted by atomic mass is 32.2. The van der Waals surface area contributed by atoms with Gasteiger partial charge in [-0.25, -0.2) is 14.3 Å². The minimum absolute atomic E-state index is 0.130. The first kappa shape index (κ1) is 29.0. The van der Waals surface area contributed by atoms with Crippen LogP contribution in [0.1, 0.15) is 32.4 Å². The minimum atomic E-state index is -1.25. The number of aromatic nitrogens is 4. The number of thioether (sulfide) groups is 2. The Hall–Kier alpha value is -4.03. The van der Waals surface area contributed by atoms with Crippen LogP contribution in [0, 0.1) is 12.3 Å². The lowest BCUT2D eigenvalue weighted by Gasteiger charge is -2.49. The number of carboxylic acids is 1.